The van der Waals surface area contributed by atoms with Crippen LogP contribution in [0.2, 0.25) is 18.1 Å². The standard InChI is InChI=1S/C32H45F3N2O3Si/c1-19(2)27-25-26(24-21(37-27)16-30(6,7)17-22(24)40-41(8,9)29(3,4)5)31(12-14-38-15-13-31)39-28(25)20-10-11-23(36-18-20)32(33,34)35/h10-11,18-19,22,28H,12-17H2,1-9H3/t22?,28-/m1/s1. The molecule has 2 aliphatic heterocycles. The van der Waals surface area contributed by atoms with Gasteiger partial charge in [-0.25, -0.2) is 0 Å². The Kier molecular flexibility index (Phi) is 7.57. The molecule has 2 aromatic rings. The van der Waals surface area contributed by atoms with E-state index in [1.807, 2.05) is 0 Å². The molecule has 1 spiro atoms. The third-order valence-electron chi connectivity index (χ3n) is 9.62. The largest absolute Gasteiger partial charge is 0.433 e. The summed E-state index contributed by atoms with van der Waals surface area (Å²) in [5.74, 6) is 0.0994. The van der Waals surface area contributed by atoms with Crippen LogP contribution in [-0.2, 0) is 32.1 Å². The van der Waals surface area contributed by atoms with E-state index in [4.69, 9.17) is 18.9 Å². The van der Waals surface area contributed by atoms with Gasteiger partial charge in [0.2, 0.25) is 0 Å². The van der Waals surface area contributed by atoms with Crippen molar-refractivity contribution in [3.05, 3.63) is 57.7 Å². The normalized spacial score (nSPS) is 24.0. The lowest BCUT2D eigenvalue weighted by Gasteiger charge is -2.46. The molecule has 5 nitrogen and oxygen atoms in total. The van der Waals surface area contributed by atoms with Gasteiger partial charge in [-0.15, -0.1) is 0 Å². The van der Waals surface area contributed by atoms with E-state index in [1.165, 1.54) is 12.3 Å². The quantitative estimate of drug-likeness (QED) is 0.333. The van der Waals surface area contributed by atoms with E-state index in [0.717, 1.165) is 47.0 Å². The molecule has 0 amide bonds. The number of halogens is 3. The predicted octanol–water partition coefficient (Wildman–Crippen LogP) is 8.78. The molecule has 0 aromatic carbocycles. The molecule has 4 heterocycles. The van der Waals surface area contributed by atoms with Crippen LogP contribution in [0.1, 0.15) is 125 Å². The topological polar surface area (TPSA) is 53.5 Å². The van der Waals surface area contributed by atoms with Crippen molar-refractivity contribution in [1.82, 2.24) is 9.97 Å². The highest BCUT2D eigenvalue weighted by Crippen LogP contribution is 2.59. The average molecular weight is 591 g/mol. The van der Waals surface area contributed by atoms with Crippen molar-refractivity contribution < 1.29 is 27.1 Å². The fourth-order valence-electron chi connectivity index (χ4n) is 6.50. The molecule has 1 unspecified atom stereocenters. The van der Waals surface area contributed by atoms with Crippen LogP contribution in [0.3, 0.4) is 0 Å². The Hall–Kier alpha value is -1.81. The van der Waals surface area contributed by atoms with Crippen LogP contribution in [0.25, 0.3) is 0 Å². The van der Waals surface area contributed by atoms with Crippen LogP contribution < -0.4 is 0 Å². The molecule has 0 bridgehead atoms. The summed E-state index contributed by atoms with van der Waals surface area (Å²) in [6, 6.07) is 2.57. The Bertz CT molecular complexity index is 1290. The molecule has 226 valence electrons. The number of hydrogen-bond donors (Lipinski definition) is 0. The molecule has 0 radical (unpaired) electrons. The molecular formula is C32H45F3N2O3Si. The molecule has 1 aliphatic carbocycles. The van der Waals surface area contributed by atoms with Gasteiger partial charge in [-0.2, -0.15) is 13.2 Å². The maximum atomic E-state index is 13.4. The highest BCUT2D eigenvalue weighted by atomic mass is 28.4. The second-order valence-electron chi connectivity index (χ2n) is 14.8. The number of ether oxygens (including phenoxy) is 2. The Morgan fingerprint density at radius 2 is 1.71 bits per heavy atom. The van der Waals surface area contributed by atoms with Gasteiger partial charge in [0.15, 0.2) is 8.32 Å². The lowest BCUT2D eigenvalue weighted by Crippen LogP contribution is -2.45. The van der Waals surface area contributed by atoms with Gasteiger partial charge >= 0.3 is 6.18 Å². The van der Waals surface area contributed by atoms with Gasteiger partial charge in [-0.3, -0.25) is 9.97 Å². The molecule has 2 atom stereocenters. The van der Waals surface area contributed by atoms with Gasteiger partial charge in [0.25, 0.3) is 0 Å². The van der Waals surface area contributed by atoms with Crippen LogP contribution in [0.5, 0.6) is 0 Å². The first kappa shape index (κ1) is 30.6. The number of pyridine rings is 2. The minimum absolute atomic E-state index is 0.00850. The molecule has 0 saturated carbocycles. The molecular weight excluding hydrogens is 545 g/mol. The van der Waals surface area contributed by atoms with Gasteiger partial charge < -0.3 is 13.9 Å². The van der Waals surface area contributed by atoms with E-state index < -0.39 is 31.9 Å². The van der Waals surface area contributed by atoms with E-state index in [9.17, 15) is 13.2 Å². The molecule has 9 heteroatoms. The number of hydrogen-bond acceptors (Lipinski definition) is 5. The number of aromatic nitrogens is 2. The van der Waals surface area contributed by atoms with Gasteiger partial charge in [-0.1, -0.05) is 54.5 Å². The van der Waals surface area contributed by atoms with Crippen molar-refractivity contribution in [1.29, 1.82) is 0 Å². The van der Waals surface area contributed by atoms with Crippen molar-refractivity contribution in [2.24, 2.45) is 5.41 Å². The lowest BCUT2D eigenvalue weighted by atomic mass is 9.70. The minimum atomic E-state index is -4.50. The second-order valence-corrected chi connectivity index (χ2v) is 19.5. The third kappa shape index (κ3) is 5.52. The van der Waals surface area contributed by atoms with Crippen molar-refractivity contribution in [2.75, 3.05) is 13.2 Å². The zero-order valence-corrected chi connectivity index (χ0v) is 27.0. The number of nitrogens with zero attached hydrogens (tertiary/aromatic N) is 2. The summed E-state index contributed by atoms with van der Waals surface area (Å²) in [7, 11) is -2.17. The summed E-state index contributed by atoms with van der Waals surface area (Å²) >= 11 is 0. The SMILES string of the molecule is CC(C)c1nc2c(c3c1[C@@H](c1ccc(C(F)(F)F)nc1)OC31CCOCC1)C(O[Si](C)(C)C(C)(C)C)CC(C)(C)C2. The molecule has 2 aromatic heterocycles. The lowest BCUT2D eigenvalue weighted by molar-refractivity contribution is -0.141. The summed E-state index contributed by atoms with van der Waals surface area (Å²) < 4.78 is 60.2. The Labute approximate surface area is 243 Å². The van der Waals surface area contributed by atoms with Gasteiger partial charge in [0.1, 0.15) is 11.8 Å². The van der Waals surface area contributed by atoms with E-state index in [0.29, 0.717) is 31.6 Å². The summed E-state index contributed by atoms with van der Waals surface area (Å²) in [6.45, 7) is 21.3. The third-order valence-corrected chi connectivity index (χ3v) is 14.1. The van der Waals surface area contributed by atoms with E-state index >= 15 is 0 Å². The molecule has 3 aliphatic rings. The summed E-state index contributed by atoms with van der Waals surface area (Å²) in [5.41, 5.74) is 4.43. The summed E-state index contributed by atoms with van der Waals surface area (Å²) in [5, 5.41) is 0.0323. The average Bonchev–Trinajstić information content (AvgIpc) is 3.15. The van der Waals surface area contributed by atoms with Crippen molar-refractivity contribution in [2.45, 2.75) is 122 Å². The van der Waals surface area contributed by atoms with Crippen molar-refractivity contribution >= 4 is 8.32 Å². The van der Waals surface area contributed by atoms with Crippen LogP contribution in [-0.4, -0.2) is 31.5 Å². The van der Waals surface area contributed by atoms with Crippen LogP contribution in [0.15, 0.2) is 18.3 Å². The highest BCUT2D eigenvalue weighted by molar-refractivity contribution is 6.74. The van der Waals surface area contributed by atoms with E-state index in [2.05, 4.69) is 66.5 Å². The maximum absolute atomic E-state index is 13.4. The second kappa shape index (κ2) is 10.1. The number of fused-ring (bicyclic) bond motifs is 4. The van der Waals surface area contributed by atoms with Crippen LogP contribution in [0, 0.1) is 5.41 Å². The Balaban J connectivity index is 1.76. The van der Waals surface area contributed by atoms with E-state index in [-0.39, 0.29) is 22.5 Å². The molecule has 5 rings (SSSR count). The monoisotopic (exact) mass is 590 g/mol. The zero-order valence-electron chi connectivity index (χ0n) is 26.0. The van der Waals surface area contributed by atoms with Crippen molar-refractivity contribution in [3.63, 3.8) is 0 Å². The highest BCUT2D eigenvalue weighted by Gasteiger charge is 2.53. The Morgan fingerprint density at radius 3 is 2.24 bits per heavy atom. The first-order valence-electron chi connectivity index (χ1n) is 14.9. The molecule has 1 fully saturated rings. The predicted molar refractivity (Wildman–Crippen MR) is 155 cm³/mol. The fraction of sp³-hybridized carbons (Fsp3) is 0.688. The maximum Gasteiger partial charge on any atom is 0.433 e. The molecule has 41 heavy (non-hydrogen) atoms. The van der Waals surface area contributed by atoms with Crippen LogP contribution in [0.4, 0.5) is 13.2 Å². The summed E-state index contributed by atoms with van der Waals surface area (Å²) in [6.07, 6.45) is -0.803. The fourth-order valence-corrected chi connectivity index (χ4v) is 7.76. The number of alkyl halides is 3. The van der Waals surface area contributed by atoms with Gasteiger partial charge in [0, 0.05) is 60.3 Å². The summed E-state index contributed by atoms with van der Waals surface area (Å²) in [4.78, 5) is 9.16. The van der Waals surface area contributed by atoms with Gasteiger partial charge in [0.05, 0.1) is 11.7 Å². The smallest absolute Gasteiger partial charge is 0.410 e. The van der Waals surface area contributed by atoms with Gasteiger partial charge in [-0.05, 0) is 53.9 Å². The first-order valence-corrected chi connectivity index (χ1v) is 17.8. The van der Waals surface area contributed by atoms with E-state index in [1.54, 1.807) is 0 Å². The minimum Gasteiger partial charge on any atom is -0.410 e. The zero-order chi connectivity index (χ0) is 30.2. The molecule has 0 N–H and O–H groups in total. The van der Waals surface area contributed by atoms with Crippen molar-refractivity contribution in [3.8, 4) is 0 Å². The van der Waals surface area contributed by atoms with Crippen LogP contribution >= 0.6 is 0 Å². The first-order chi connectivity index (χ1) is 18.9. The Morgan fingerprint density at radius 1 is 1.05 bits per heavy atom. The molecule has 1 saturated heterocycles. The number of rotatable bonds is 4.